The van der Waals surface area contributed by atoms with Gasteiger partial charge in [-0.1, -0.05) is 39.0 Å². The first-order valence-electron chi connectivity index (χ1n) is 5.01. The molecule has 0 heterocycles. The number of rotatable bonds is 3. The van der Waals surface area contributed by atoms with Crippen molar-refractivity contribution in [3.63, 3.8) is 0 Å². The average molecular weight is 193 g/mol. The van der Waals surface area contributed by atoms with Gasteiger partial charge in [-0.15, -0.1) is 0 Å². The maximum Gasteiger partial charge on any atom is 0.119 e. The molecule has 0 radical (unpaired) electrons. The third-order valence-electron chi connectivity index (χ3n) is 3.22. The van der Waals surface area contributed by atoms with Crippen LogP contribution >= 0.6 is 0 Å². The van der Waals surface area contributed by atoms with Gasteiger partial charge < -0.3 is 10.8 Å². The number of phenolic OH excluding ortho intramolecular Hbond substituents is 1. The topological polar surface area (TPSA) is 46.2 Å². The normalized spacial score (nSPS) is 15.5. The Hall–Kier alpha value is -1.02. The fourth-order valence-electron chi connectivity index (χ4n) is 1.61. The second-order valence-corrected chi connectivity index (χ2v) is 4.29. The van der Waals surface area contributed by atoms with E-state index in [1.165, 1.54) is 0 Å². The van der Waals surface area contributed by atoms with Gasteiger partial charge in [0.15, 0.2) is 0 Å². The van der Waals surface area contributed by atoms with Crippen LogP contribution in [0.15, 0.2) is 24.3 Å². The lowest BCUT2D eigenvalue weighted by Crippen LogP contribution is -2.37. The monoisotopic (exact) mass is 193 g/mol. The van der Waals surface area contributed by atoms with Crippen LogP contribution in [-0.2, 0) is 5.41 Å². The van der Waals surface area contributed by atoms with Gasteiger partial charge in [0, 0.05) is 17.5 Å². The summed E-state index contributed by atoms with van der Waals surface area (Å²) in [6.07, 6.45) is 0. The van der Waals surface area contributed by atoms with Gasteiger partial charge in [-0.3, -0.25) is 0 Å². The molecule has 0 saturated carbocycles. The molecular weight excluding hydrogens is 174 g/mol. The van der Waals surface area contributed by atoms with Crippen molar-refractivity contribution in [1.29, 1.82) is 0 Å². The van der Waals surface area contributed by atoms with E-state index in [0.717, 1.165) is 5.56 Å². The third-order valence-corrected chi connectivity index (χ3v) is 3.22. The Balaban J connectivity index is 3.19. The zero-order chi connectivity index (χ0) is 10.8. The highest BCUT2D eigenvalue weighted by Crippen LogP contribution is 2.35. The van der Waals surface area contributed by atoms with Gasteiger partial charge in [0.2, 0.25) is 0 Å². The van der Waals surface area contributed by atoms with Gasteiger partial charge in [0.25, 0.3) is 0 Å². The van der Waals surface area contributed by atoms with Crippen molar-refractivity contribution in [3.8, 4) is 5.75 Å². The lowest BCUT2D eigenvalue weighted by molar-refractivity contribution is 0.331. The maximum atomic E-state index is 9.77. The summed E-state index contributed by atoms with van der Waals surface area (Å²) < 4.78 is 0. The molecule has 1 atom stereocenters. The predicted molar refractivity (Wildman–Crippen MR) is 59.4 cm³/mol. The summed E-state index contributed by atoms with van der Waals surface area (Å²) in [5.74, 6) is 0.745. The van der Waals surface area contributed by atoms with Crippen LogP contribution in [0.4, 0.5) is 0 Å². The second-order valence-electron chi connectivity index (χ2n) is 4.29. The van der Waals surface area contributed by atoms with Gasteiger partial charge in [0.05, 0.1) is 0 Å². The minimum Gasteiger partial charge on any atom is -0.508 e. The number of para-hydroxylation sites is 1. The molecule has 0 aromatic heterocycles. The maximum absolute atomic E-state index is 9.77. The highest BCUT2D eigenvalue weighted by Gasteiger charge is 2.30. The zero-order valence-electron chi connectivity index (χ0n) is 9.12. The van der Waals surface area contributed by atoms with Crippen LogP contribution in [0.25, 0.3) is 0 Å². The van der Waals surface area contributed by atoms with Crippen LogP contribution in [0.5, 0.6) is 5.75 Å². The lowest BCUT2D eigenvalue weighted by Gasteiger charge is -2.33. The largest absolute Gasteiger partial charge is 0.508 e. The molecule has 1 aromatic carbocycles. The fourth-order valence-corrected chi connectivity index (χ4v) is 1.61. The molecule has 0 saturated heterocycles. The summed E-state index contributed by atoms with van der Waals surface area (Å²) in [7, 11) is 0. The average Bonchev–Trinajstić information content (AvgIpc) is 2.17. The van der Waals surface area contributed by atoms with E-state index in [1.54, 1.807) is 6.07 Å². The predicted octanol–water partition coefficient (Wildman–Crippen LogP) is 2.26. The van der Waals surface area contributed by atoms with Gasteiger partial charge in [0.1, 0.15) is 5.75 Å². The van der Waals surface area contributed by atoms with E-state index in [0.29, 0.717) is 18.2 Å². The van der Waals surface area contributed by atoms with Crippen molar-refractivity contribution in [1.82, 2.24) is 0 Å². The highest BCUT2D eigenvalue weighted by atomic mass is 16.3. The molecule has 0 aliphatic heterocycles. The fraction of sp³-hybridized carbons (Fsp3) is 0.500. The number of hydrogen-bond donors (Lipinski definition) is 2. The van der Waals surface area contributed by atoms with Crippen LogP contribution in [-0.4, -0.2) is 11.7 Å². The number of hydrogen-bond acceptors (Lipinski definition) is 2. The summed E-state index contributed by atoms with van der Waals surface area (Å²) >= 11 is 0. The van der Waals surface area contributed by atoms with E-state index in [-0.39, 0.29) is 5.41 Å². The Morgan fingerprint density at radius 3 is 2.36 bits per heavy atom. The zero-order valence-corrected chi connectivity index (χ0v) is 9.12. The Morgan fingerprint density at radius 1 is 1.36 bits per heavy atom. The molecule has 14 heavy (non-hydrogen) atoms. The molecule has 78 valence electrons. The standard InChI is InChI=1S/C12H19NO/c1-9(2)12(3,8-13)10-6-4-5-7-11(10)14/h4-7,9,14H,8,13H2,1-3H3. The SMILES string of the molecule is CC(C)C(C)(CN)c1ccccc1O. The summed E-state index contributed by atoms with van der Waals surface area (Å²) in [6, 6.07) is 7.43. The van der Waals surface area contributed by atoms with Crippen LogP contribution < -0.4 is 5.73 Å². The summed E-state index contributed by atoms with van der Waals surface area (Å²) in [5, 5.41) is 9.77. The summed E-state index contributed by atoms with van der Waals surface area (Å²) in [5.41, 5.74) is 6.59. The Labute approximate surface area is 85.8 Å². The van der Waals surface area contributed by atoms with E-state index in [9.17, 15) is 5.11 Å². The first-order chi connectivity index (χ1) is 6.52. The van der Waals surface area contributed by atoms with Crippen LogP contribution in [0.3, 0.4) is 0 Å². The molecule has 2 heteroatoms. The van der Waals surface area contributed by atoms with Gasteiger partial charge in [-0.2, -0.15) is 0 Å². The molecule has 3 N–H and O–H groups in total. The third kappa shape index (κ3) is 1.75. The summed E-state index contributed by atoms with van der Waals surface area (Å²) in [4.78, 5) is 0. The molecule has 0 aliphatic carbocycles. The first kappa shape index (κ1) is 11.1. The molecule has 0 amide bonds. The van der Waals surface area contributed by atoms with Gasteiger partial charge >= 0.3 is 0 Å². The number of benzene rings is 1. The van der Waals surface area contributed by atoms with Crippen molar-refractivity contribution in [3.05, 3.63) is 29.8 Å². The molecule has 0 bridgehead atoms. The van der Waals surface area contributed by atoms with E-state index in [2.05, 4.69) is 20.8 Å². The Bertz CT molecular complexity index is 309. The molecule has 2 nitrogen and oxygen atoms in total. The molecule has 0 fully saturated rings. The van der Waals surface area contributed by atoms with E-state index in [4.69, 9.17) is 5.73 Å². The second kappa shape index (κ2) is 4.01. The number of phenols is 1. The molecule has 0 aliphatic rings. The van der Waals surface area contributed by atoms with Crippen molar-refractivity contribution in [2.75, 3.05) is 6.54 Å². The van der Waals surface area contributed by atoms with Crippen LogP contribution in [0, 0.1) is 5.92 Å². The van der Waals surface area contributed by atoms with Crippen molar-refractivity contribution < 1.29 is 5.11 Å². The van der Waals surface area contributed by atoms with Crippen molar-refractivity contribution >= 4 is 0 Å². The Kier molecular flexibility index (Phi) is 3.17. The minimum atomic E-state index is -0.147. The van der Waals surface area contributed by atoms with Crippen molar-refractivity contribution in [2.45, 2.75) is 26.2 Å². The smallest absolute Gasteiger partial charge is 0.119 e. The Morgan fingerprint density at radius 2 is 1.93 bits per heavy atom. The van der Waals surface area contributed by atoms with Crippen LogP contribution in [0.1, 0.15) is 26.3 Å². The lowest BCUT2D eigenvalue weighted by atomic mass is 9.73. The van der Waals surface area contributed by atoms with Gasteiger partial charge in [-0.05, 0) is 12.0 Å². The first-order valence-corrected chi connectivity index (χ1v) is 5.01. The summed E-state index contributed by atoms with van der Waals surface area (Å²) in [6.45, 7) is 6.88. The molecule has 1 aromatic rings. The molecule has 0 spiro atoms. The van der Waals surface area contributed by atoms with E-state index in [1.807, 2.05) is 18.2 Å². The number of aromatic hydroxyl groups is 1. The van der Waals surface area contributed by atoms with E-state index >= 15 is 0 Å². The van der Waals surface area contributed by atoms with E-state index < -0.39 is 0 Å². The quantitative estimate of drug-likeness (QED) is 0.773. The minimum absolute atomic E-state index is 0.147. The molecule has 1 rings (SSSR count). The van der Waals surface area contributed by atoms with Gasteiger partial charge in [-0.25, -0.2) is 0 Å². The molecule has 1 unspecified atom stereocenters. The highest BCUT2D eigenvalue weighted by molar-refractivity contribution is 5.38. The van der Waals surface area contributed by atoms with Crippen molar-refractivity contribution in [2.24, 2.45) is 11.7 Å². The molecular formula is C12H19NO. The van der Waals surface area contributed by atoms with Crippen LogP contribution in [0.2, 0.25) is 0 Å². The number of nitrogens with two attached hydrogens (primary N) is 1.